The maximum atomic E-state index is 12.0. The minimum absolute atomic E-state index is 0.0717. The van der Waals surface area contributed by atoms with E-state index in [4.69, 9.17) is 17.3 Å². The molecule has 2 rings (SSSR count). The third kappa shape index (κ3) is 3.89. The molecule has 1 aliphatic heterocycles. The Labute approximate surface area is 118 Å². The molecule has 2 atom stereocenters. The summed E-state index contributed by atoms with van der Waals surface area (Å²) in [5.41, 5.74) is 6.51. The van der Waals surface area contributed by atoms with Crippen LogP contribution in [0.1, 0.15) is 13.3 Å². The number of halogens is 1. The molecule has 3 N–H and O–H groups in total. The van der Waals surface area contributed by atoms with E-state index in [2.05, 4.69) is 22.1 Å². The van der Waals surface area contributed by atoms with Gasteiger partial charge in [0.25, 0.3) is 0 Å². The molecule has 19 heavy (non-hydrogen) atoms. The summed E-state index contributed by atoms with van der Waals surface area (Å²) in [6.07, 6.45) is 2.52. The van der Waals surface area contributed by atoms with Gasteiger partial charge in [0, 0.05) is 25.3 Å². The van der Waals surface area contributed by atoms with Gasteiger partial charge in [0.05, 0.1) is 12.2 Å². The van der Waals surface area contributed by atoms with Crippen molar-refractivity contribution in [2.45, 2.75) is 19.4 Å². The molecule has 0 spiro atoms. The second-order valence-corrected chi connectivity index (χ2v) is 5.41. The van der Waals surface area contributed by atoms with Gasteiger partial charge in [-0.3, -0.25) is 9.69 Å². The van der Waals surface area contributed by atoms with Crippen molar-refractivity contribution in [1.82, 2.24) is 9.88 Å². The van der Waals surface area contributed by atoms with Gasteiger partial charge >= 0.3 is 0 Å². The topological polar surface area (TPSA) is 71.2 Å². The van der Waals surface area contributed by atoms with Gasteiger partial charge in [-0.25, -0.2) is 4.98 Å². The summed E-state index contributed by atoms with van der Waals surface area (Å²) in [6, 6.07) is 3.72. The van der Waals surface area contributed by atoms with E-state index in [-0.39, 0.29) is 11.9 Å². The SMILES string of the molecule is CC1CN(CC(=O)Nc2cccnc2Cl)CCC1N. The molecular formula is C13H19ClN4O. The molecule has 1 aliphatic rings. The largest absolute Gasteiger partial charge is 0.327 e. The van der Waals surface area contributed by atoms with Crippen molar-refractivity contribution in [2.75, 3.05) is 25.0 Å². The highest BCUT2D eigenvalue weighted by atomic mass is 35.5. The quantitative estimate of drug-likeness (QED) is 0.821. The molecule has 2 heterocycles. The van der Waals surface area contributed by atoms with Crippen molar-refractivity contribution in [1.29, 1.82) is 0 Å². The fourth-order valence-corrected chi connectivity index (χ4v) is 2.43. The molecule has 1 amide bonds. The van der Waals surface area contributed by atoms with E-state index in [1.165, 1.54) is 0 Å². The number of piperidine rings is 1. The van der Waals surface area contributed by atoms with E-state index in [0.29, 0.717) is 23.3 Å². The van der Waals surface area contributed by atoms with Crippen molar-refractivity contribution in [3.05, 3.63) is 23.5 Å². The molecule has 2 unspecified atom stereocenters. The number of anilines is 1. The Morgan fingerprint density at radius 2 is 2.47 bits per heavy atom. The minimum atomic E-state index is -0.0717. The lowest BCUT2D eigenvalue weighted by molar-refractivity contribution is -0.117. The predicted octanol–water partition coefficient (Wildman–Crippen LogP) is 1.34. The highest BCUT2D eigenvalue weighted by Gasteiger charge is 2.24. The van der Waals surface area contributed by atoms with Crippen LogP contribution in [-0.4, -0.2) is 41.5 Å². The van der Waals surface area contributed by atoms with Crippen LogP contribution in [0.15, 0.2) is 18.3 Å². The van der Waals surface area contributed by atoms with Gasteiger partial charge in [-0.2, -0.15) is 0 Å². The number of hydrogen-bond acceptors (Lipinski definition) is 4. The van der Waals surface area contributed by atoms with Gasteiger partial charge in [-0.05, 0) is 24.5 Å². The molecule has 5 nitrogen and oxygen atoms in total. The average Bonchev–Trinajstić information content (AvgIpc) is 2.37. The first-order valence-electron chi connectivity index (χ1n) is 6.44. The normalized spacial score (nSPS) is 24.2. The van der Waals surface area contributed by atoms with Gasteiger partial charge in [0.2, 0.25) is 5.91 Å². The second-order valence-electron chi connectivity index (χ2n) is 5.05. The Balaban J connectivity index is 1.87. The first-order valence-corrected chi connectivity index (χ1v) is 6.82. The molecule has 0 saturated carbocycles. The van der Waals surface area contributed by atoms with E-state index in [1.54, 1.807) is 18.3 Å². The summed E-state index contributed by atoms with van der Waals surface area (Å²) in [4.78, 5) is 18.0. The third-order valence-corrected chi connectivity index (χ3v) is 3.76. The Kier molecular flexibility index (Phi) is 4.74. The molecule has 1 aromatic heterocycles. The Hall–Kier alpha value is -1.17. The van der Waals surface area contributed by atoms with Crippen LogP contribution in [-0.2, 0) is 4.79 Å². The predicted molar refractivity (Wildman–Crippen MR) is 76.1 cm³/mol. The van der Waals surface area contributed by atoms with E-state index >= 15 is 0 Å². The van der Waals surface area contributed by atoms with Gasteiger partial charge in [0.1, 0.15) is 0 Å². The van der Waals surface area contributed by atoms with Gasteiger partial charge in [0.15, 0.2) is 5.15 Å². The summed E-state index contributed by atoms with van der Waals surface area (Å²) in [5, 5.41) is 3.09. The Bertz CT molecular complexity index is 454. The van der Waals surface area contributed by atoms with Crippen LogP contribution >= 0.6 is 11.6 Å². The summed E-state index contributed by atoms with van der Waals surface area (Å²) in [5.74, 6) is 0.348. The Morgan fingerprint density at radius 1 is 1.68 bits per heavy atom. The van der Waals surface area contributed by atoms with Gasteiger partial charge in [-0.15, -0.1) is 0 Å². The number of likely N-dealkylation sites (tertiary alicyclic amines) is 1. The molecular weight excluding hydrogens is 264 g/mol. The number of nitrogens with one attached hydrogen (secondary N) is 1. The number of aromatic nitrogens is 1. The van der Waals surface area contributed by atoms with Crippen LogP contribution in [0.4, 0.5) is 5.69 Å². The van der Waals surface area contributed by atoms with Crippen molar-refractivity contribution < 1.29 is 4.79 Å². The molecule has 0 aliphatic carbocycles. The van der Waals surface area contributed by atoms with Crippen LogP contribution in [0.5, 0.6) is 0 Å². The summed E-state index contributed by atoms with van der Waals surface area (Å²) < 4.78 is 0. The fraction of sp³-hybridized carbons (Fsp3) is 0.538. The molecule has 6 heteroatoms. The zero-order valence-corrected chi connectivity index (χ0v) is 11.7. The molecule has 0 bridgehead atoms. The second kappa shape index (κ2) is 6.32. The number of carbonyl (C=O) groups is 1. The van der Waals surface area contributed by atoms with Crippen LogP contribution in [0.25, 0.3) is 0 Å². The number of hydrogen-bond donors (Lipinski definition) is 2. The fourth-order valence-electron chi connectivity index (χ4n) is 2.27. The highest BCUT2D eigenvalue weighted by Crippen LogP contribution is 2.18. The van der Waals surface area contributed by atoms with Crippen LogP contribution < -0.4 is 11.1 Å². The van der Waals surface area contributed by atoms with Gasteiger partial charge < -0.3 is 11.1 Å². The lowest BCUT2D eigenvalue weighted by Gasteiger charge is -2.34. The monoisotopic (exact) mass is 282 g/mol. The zero-order chi connectivity index (χ0) is 13.8. The minimum Gasteiger partial charge on any atom is -0.327 e. The van der Waals surface area contributed by atoms with E-state index < -0.39 is 0 Å². The molecule has 104 valence electrons. The molecule has 1 saturated heterocycles. The third-order valence-electron chi connectivity index (χ3n) is 3.46. The first-order chi connectivity index (χ1) is 9.06. The van der Waals surface area contributed by atoms with Crippen molar-refractivity contribution in [2.24, 2.45) is 11.7 Å². The van der Waals surface area contributed by atoms with Crippen LogP contribution in [0, 0.1) is 5.92 Å². The standard InChI is InChI=1S/C13H19ClN4O/c1-9-7-18(6-4-10(9)15)8-12(19)17-11-3-2-5-16-13(11)14/h2-3,5,9-10H,4,6-8,15H2,1H3,(H,17,19). The lowest BCUT2D eigenvalue weighted by atomic mass is 9.95. The van der Waals surface area contributed by atoms with E-state index in [0.717, 1.165) is 19.5 Å². The number of nitrogens with two attached hydrogens (primary N) is 1. The van der Waals surface area contributed by atoms with E-state index in [1.807, 2.05) is 0 Å². The number of rotatable bonds is 3. The number of carbonyl (C=O) groups excluding carboxylic acids is 1. The number of pyridine rings is 1. The van der Waals surface area contributed by atoms with Crippen LogP contribution in [0.2, 0.25) is 5.15 Å². The average molecular weight is 283 g/mol. The van der Waals surface area contributed by atoms with Crippen LogP contribution in [0.3, 0.4) is 0 Å². The van der Waals surface area contributed by atoms with E-state index in [9.17, 15) is 4.79 Å². The molecule has 0 radical (unpaired) electrons. The number of nitrogens with zero attached hydrogens (tertiary/aromatic N) is 2. The van der Waals surface area contributed by atoms with Crippen molar-refractivity contribution in [3.8, 4) is 0 Å². The first kappa shape index (κ1) is 14.2. The zero-order valence-electron chi connectivity index (χ0n) is 11.0. The smallest absolute Gasteiger partial charge is 0.238 e. The summed E-state index contributed by atoms with van der Waals surface area (Å²) in [7, 11) is 0. The van der Waals surface area contributed by atoms with Gasteiger partial charge in [-0.1, -0.05) is 18.5 Å². The molecule has 1 fully saturated rings. The highest BCUT2D eigenvalue weighted by molar-refractivity contribution is 6.32. The van der Waals surface area contributed by atoms with Crippen molar-refractivity contribution >= 4 is 23.2 Å². The maximum absolute atomic E-state index is 12.0. The molecule has 1 aromatic rings. The lowest BCUT2D eigenvalue weighted by Crippen LogP contribution is -2.48. The summed E-state index contributed by atoms with van der Waals surface area (Å²) >= 11 is 5.90. The number of amides is 1. The Morgan fingerprint density at radius 3 is 3.16 bits per heavy atom. The maximum Gasteiger partial charge on any atom is 0.238 e. The van der Waals surface area contributed by atoms with Crippen molar-refractivity contribution in [3.63, 3.8) is 0 Å². The molecule has 0 aromatic carbocycles. The summed E-state index contributed by atoms with van der Waals surface area (Å²) in [6.45, 7) is 4.20.